The number of carbonyl (C=O) groups is 3. The Kier molecular flexibility index (Phi) is 7.15. The van der Waals surface area contributed by atoms with Crippen molar-refractivity contribution in [2.24, 2.45) is 5.10 Å². The van der Waals surface area contributed by atoms with E-state index in [0.717, 1.165) is 31.5 Å². The van der Waals surface area contributed by atoms with E-state index < -0.39 is 11.8 Å². The molecule has 0 aliphatic carbocycles. The maximum absolute atomic E-state index is 12.1. The van der Waals surface area contributed by atoms with Crippen LogP contribution in [0.25, 0.3) is 0 Å². The normalized spacial score (nSPS) is 13.3. The molecule has 0 atom stereocenters. The number of hydrazone groups is 1. The van der Waals surface area contributed by atoms with Gasteiger partial charge in [-0.25, -0.2) is 5.43 Å². The molecule has 0 aromatic heterocycles. The zero-order chi connectivity index (χ0) is 21.3. The Morgan fingerprint density at radius 2 is 1.83 bits per heavy atom. The van der Waals surface area contributed by atoms with Gasteiger partial charge in [0, 0.05) is 18.8 Å². The third-order valence-corrected chi connectivity index (χ3v) is 4.66. The molecule has 0 spiro atoms. The monoisotopic (exact) mass is 408 g/mol. The van der Waals surface area contributed by atoms with Crippen molar-refractivity contribution >= 4 is 29.6 Å². The second-order valence-corrected chi connectivity index (χ2v) is 6.92. The number of anilines is 1. The largest absolute Gasteiger partial charge is 0.484 e. The van der Waals surface area contributed by atoms with E-state index in [9.17, 15) is 14.4 Å². The molecular formula is C22H24N4O4. The van der Waals surface area contributed by atoms with E-state index in [1.54, 1.807) is 41.3 Å². The van der Waals surface area contributed by atoms with Crippen LogP contribution in [-0.2, 0) is 14.4 Å². The summed E-state index contributed by atoms with van der Waals surface area (Å²) in [5, 5.41) is 6.35. The van der Waals surface area contributed by atoms with Crippen LogP contribution >= 0.6 is 0 Å². The molecule has 8 nitrogen and oxygen atoms in total. The maximum Gasteiger partial charge on any atom is 0.329 e. The van der Waals surface area contributed by atoms with E-state index in [-0.39, 0.29) is 12.5 Å². The highest BCUT2D eigenvalue weighted by molar-refractivity contribution is 6.39. The average Bonchev–Trinajstić information content (AvgIpc) is 3.29. The molecule has 156 valence electrons. The molecule has 2 aromatic carbocycles. The van der Waals surface area contributed by atoms with Crippen LogP contribution in [0.1, 0.15) is 24.0 Å². The molecule has 1 fully saturated rings. The van der Waals surface area contributed by atoms with Crippen LogP contribution < -0.4 is 15.5 Å². The van der Waals surface area contributed by atoms with E-state index in [2.05, 4.69) is 15.8 Å². The molecule has 0 bridgehead atoms. The number of amides is 3. The Morgan fingerprint density at radius 1 is 1.07 bits per heavy atom. The number of nitrogens with one attached hydrogen (secondary N) is 2. The van der Waals surface area contributed by atoms with Gasteiger partial charge in [-0.2, -0.15) is 5.10 Å². The van der Waals surface area contributed by atoms with Crippen LogP contribution in [0.5, 0.6) is 5.75 Å². The molecule has 3 amide bonds. The lowest BCUT2D eigenvalue weighted by Gasteiger charge is -2.15. The molecule has 2 aromatic rings. The lowest BCUT2D eigenvalue weighted by molar-refractivity contribution is -0.136. The predicted octanol–water partition coefficient (Wildman–Crippen LogP) is 2.09. The minimum Gasteiger partial charge on any atom is -0.484 e. The van der Waals surface area contributed by atoms with Gasteiger partial charge in [-0.05, 0) is 49.1 Å². The van der Waals surface area contributed by atoms with Gasteiger partial charge >= 0.3 is 11.8 Å². The van der Waals surface area contributed by atoms with E-state index in [1.165, 1.54) is 6.21 Å². The number of ether oxygens (including phenoxy) is 1. The fourth-order valence-corrected chi connectivity index (χ4v) is 3.00. The third kappa shape index (κ3) is 5.91. The van der Waals surface area contributed by atoms with Gasteiger partial charge in [-0.15, -0.1) is 0 Å². The first-order chi connectivity index (χ1) is 14.5. The average molecular weight is 408 g/mol. The molecule has 1 aliphatic heterocycles. The number of hydrogen-bond donors (Lipinski definition) is 2. The second-order valence-electron chi connectivity index (χ2n) is 6.92. The van der Waals surface area contributed by atoms with Crippen molar-refractivity contribution in [3.8, 4) is 5.75 Å². The van der Waals surface area contributed by atoms with Crippen molar-refractivity contribution in [2.75, 3.05) is 25.0 Å². The quantitative estimate of drug-likeness (QED) is 0.434. The highest BCUT2D eigenvalue weighted by Crippen LogP contribution is 2.14. The summed E-state index contributed by atoms with van der Waals surface area (Å²) in [7, 11) is 0. The van der Waals surface area contributed by atoms with E-state index in [4.69, 9.17) is 4.74 Å². The number of benzene rings is 2. The number of rotatable bonds is 6. The summed E-state index contributed by atoms with van der Waals surface area (Å²) in [5.74, 6) is -1.19. The summed E-state index contributed by atoms with van der Waals surface area (Å²) in [6.07, 6.45) is 3.47. The summed E-state index contributed by atoms with van der Waals surface area (Å²) in [6, 6.07) is 14.1. The number of nitrogens with zero attached hydrogens (tertiary/aromatic N) is 2. The summed E-state index contributed by atoms with van der Waals surface area (Å²) in [5.41, 5.74) is 4.26. The van der Waals surface area contributed by atoms with Crippen LogP contribution in [0.3, 0.4) is 0 Å². The topological polar surface area (TPSA) is 100 Å². The third-order valence-electron chi connectivity index (χ3n) is 4.66. The molecule has 8 heteroatoms. The first kappa shape index (κ1) is 21.0. The van der Waals surface area contributed by atoms with Crippen LogP contribution in [0.2, 0.25) is 0 Å². The van der Waals surface area contributed by atoms with Gasteiger partial charge in [0.2, 0.25) is 0 Å². The van der Waals surface area contributed by atoms with Gasteiger partial charge in [0.1, 0.15) is 5.75 Å². The molecule has 2 N–H and O–H groups in total. The number of carbonyl (C=O) groups excluding carboxylic acids is 3. The molecule has 3 rings (SSSR count). The molecule has 1 aliphatic rings. The Hall–Kier alpha value is -3.68. The van der Waals surface area contributed by atoms with Gasteiger partial charge in [0.25, 0.3) is 5.91 Å². The van der Waals surface area contributed by atoms with E-state index >= 15 is 0 Å². The Labute approximate surface area is 174 Å². The number of likely N-dealkylation sites (tertiary alicyclic amines) is 1. The highest BCUT2D eigenvalue weighted by atomic mass is 16.5. The summed E-state index contributed by atoms with van der Waals surface area (Å²) in [6.45, 7) is 3.38. The molecular weight excluding hydrogens is 384 g/mol. The molecule has 0 saturated carbocycles. The molecule has 0 radical (unpaired) electrons. The maximum atomic E-state index is 12.1. The van der Waals surface area contributed by atoms with E-state index in [0.29, 0.717) is 17.0 Å². The summed E-state index contributed by atoms with van der Waals surface area (Å²) in [4.78, 5) is 37.7. The minimum absolute atomic E-state index is 0.0175. The molecule has 1 saturated heterocycles. The minimum atomic E-state index is -0.877. The van der Waals surface area contributed by atoms with Gasteiger partial charge in [0.05, 0.1) is 6.21 Å². The molecule has 0 unspecified atom stereocenters. The van der Waals surface area contributed by atoms with Crippen LogP contribution in [-0.4, -0.2) is 48.5 Å². The fraction of sp³-hybridized carbons (Fsp3) is 0.273. The Morgan fingerprint density at radius 3 is 2.60 bits per heavy atom. The zero-order valence-electron chi connectivity index (χ0n) is 16.8. The number of aryl methyl sites for hydroxylation is 1. The van der Waals surface area contributed by atoms with Crippen molar-refractivity contribution in [1.82, 2.24) is 10.3 Å². The standard InChI is InChI=1S/C22H24N4O4/c1-16-7-2-3-10-19(16)24-21(28)22(29)25-23-14-17-8-6-9-18(13-17)30-15-20(27)26-11-4-5-12-26/h2-3,6-10,13-14H,4-5,11-12,15H2,1H3,(H,24,28)(H,25,29)/b23-14-. The molecule has 1 heterocycles. The Balaban J connectivity index is 1.49. The van der Waals surface area contributed by atoms with Crippen molar-refractivity contribution in [3.05, 3.63) is 59.7 Å². The fourth-order valence-electron chi connectivity index (χ4n) is 3.00. The van der Waals surface area contributed by atoms with E-state index in [1.807, 2.05) is 19.1 Å². The first-order valence-electron chi connectivity index (χ1n) is 9.73. The lowest BCUT2D eigenvalue weighted by atomic mass is 10.2. The molecule has 30 heavy (non-hydrogen) atoms. The van der Waals surface area contributed by atoms with Gasteiger partial charge in [-0.1, -0.05) is 30.3 Å². The first-order valence-corrected chi connectivity index (χ1v) is 9.73. The van der Waals surface area contributed by atoms with Gasteiger partial charge in [0.15, 0.2) is 6.61 Å². The van der Waals surface area contributed by atoms with Crippen molar-refractivity contribution in [3.63, 3.8) is 0 Å². The van der Waals surface area contributed by atoms with Crippen molar-refractivity contribution < 1.29 is 19.1 Å². The predicted molar refractivity (Wildman–Crippen MR) is 113 cm³/mol. The zero-order valence-corrected chi connectivity index (χ0v) is 16.8. The highest BCUT2D eigenvalue weighted by Gasteiger charge is 2.18. The smallest absolute Gasteiger partial charge is 0.329 e. The van der Waals surface area contributed by atoms with Gasteiger partial charge < -0.3 is 15.0 Å². The summed E-state index contributed by atoms with van der Waals surface area (Å²) >= 11 is 0. The summed E-state index contributed by atoms with van der Waals surface area (Å²) < 4.78 is 5.56. The van der Waals surface area contributed by atoms with Crippen molar-refractivity contribution in [2.45, 2.75) is 19.8 Å². The van der Waals surface area contributed by atoms with Crippen LogP contribution in [0.15, 0.2) is 53.6 Å². The lowest BCUT2D eigenvalue weighted by Crippen LogP contribution is -2.32. The van der Waals surface area contributed by atoms with Gasteiger partial charge in [-0.3, -0.25) is 14.4 Å². The number of para-hydroxylation sites is 1. The van der Waals surface area contributed by atoms with Crippen LogP contribution in [0, 0.1) is 6.92 Å². The Bertz CT molecular complexity index is 952. The van der Waals surface area contributed by atoms with Crippen molar-refractivity contribution in [1.29, 1.82) is 0 Å². The second kappa shape index (κ2) is 10.2. The number of hydrogen-bond acceptors (Lipinski definition) is 5. The van der Waals surface area contributed by atoms with Crippen LogP contribution in [0.4, 0.5) is 5.69 Å². The SMILES string of the molecule is Cc1ccccc1NC(=O)C(=O)N/N=C\c1cccc(OCC(=O)N2CCCC2)c1.